The van der Waals surface area contributed by atoms with Crippen LogP contribution in [0.2, 0.25) is 0 Å². The van der Waals surface area contributed by atoms with Gasteiger partial charge in [0.15, 0.2) is 0 Å². The van der Waals surface area contributed by atoms with E-state index in [9.17, 15) is 9.59 Å². The topological polar surface area (TPSA) is 54.9 Å². The summed E-state index contributed by atoms with van der Waals surface area (Å²) < 4.78 is 1.66. The van der Waals surface area contributed by atoms with Crippen molar-refractivity contribution in [2.45, 2.75) is 32.7 Å². The van der Waals surface area contributed by atoms with Gasteiger partial charge in [-0.05, 0) is 32.4 Å². The smallest absolute Gasteiger partial charge is 0.288 e. The lowest BCUT2D eigenvalue weighted by molar-refractivity contribution is 0.338. The molecule has 4 heteroatoms. The fourth-order valence-corrected chi connectivity index (χ4v) is 1.95. The van der Waals surface area contributed by atoms with Crippen molar-refractivity contribution in [3.8, 4) is 0 Å². The Morgan fingerprint density at radius 2 is 1.88 bits per heavy atom. The van der Waals surface area contributed by atoms with Gasteiger partial charge in [0.1, 0.15) is 0 Å². The third-order valence-corrected chi connectivity index (χ3v) is 3.28. The van der Waals surface area contributed by atoms with E-state index in [2.05, 4.69) is 4.98 Å². The first-order valence-electron chi connectivity index (χ1n) is 5.72. The third kappa shape index (κ3) is 1.79. The largest absolute Gasteiger partial charge is 0.329 e. The van der Waals surface area contributed by atoms with Crippen molar-refractivity contribution in [1.82, 2.24) is 9.55 Å². The number of para-hydroxylation sites is 1. The number of aromatic amines is 1. The maximum absolute atomic E-state index is 12.0. The highest BCUT2D eigenvalue weighted by atomic mass is 16.2. The van der Waals surface area contributed by atoms with E-state index in [4.69, 9.17) is 0 Å². The molecule has 0 atom stereocenters. The molecule has 1 heterocycles. The van der Waals surface area contributed by atoms with Gasteiger partial charge < -0.3 is 0 Å². The molecule has 0 saturated heterocycles. The molecule has 0 saturated carbocycles. The standard InChI is InChI=1S/C13H16N2O2/c1-4-13(2,3)15-10-8-6-5-7-9(10)11(16)14-12(15)17/h5-8H,4H2,1-3H3,(H,14,16,17). The third-order valence-electron chi connectivity index (χ3n) is 3.28. The van der Waals surface area contributed by atoms with E-state index < -0.39 is 0 Å². The number of fused-ring (bicyclic) bond motifs is 1. The maximum atomic E-state index is 12.0. The summed E-state index contributed by atoms with van der Waals surface area (Å²) in [6.07, 6.45) is 0.808. The van der Waals surface area contributed by atoms with Crippen LogP contribution in [0.15, 0.2) is 33.9 Å². The van der Waals surface area contributed by atoms with Crippen LogP contribution in [-0.4, -0.2) is 9.55 Å². The number of hydrogen-bond donors (Lipinski definition) is 1. The molecule has 0 aliphatic carbocycles. The molecular weight excluding hydrogens is 216 g/mol. The Morgan fingerprint density at radius 1 is 1.24 bits per heavy atom. The lowest BCUT2D eigenvalue weighted by Crippen LogP contribution is -2.40. The van der Waals surface area contributed by atoms with Gasteiger partial charge in [0, 0.05) is 5.54 Å². The second kappa shape index (κ2) is 3.87. The first kappa shape index (κ1) is 11.6. The van der Waals surface area contributed by atoms with Gasteiger partial charge in [0.2, 0.25) is 0 Å². The van der Waals surface area contributed by atoms with Gasteiger partial charge in [-0.25, -0.2) is 4.79 Å². The molecule has 2 aromatic rings. The minimum atomic E-state index is -0.347. The van der Waals surface area contributed by atoms with Crippen molar-refractivity contribution < 1.29 is 0 Å². The lowest BCUT2D eigenvalue weighted by Gasteiger charge is -2.27. The predicted octanol–water partition coefficient (Wildman–Crippen LogP) is 1.83. The molecule has 0 unspecified atom stereocenters. The first-order chi connectivity index (χ1) is 7.97. The van der Waals surface area contributed by atoms with E-state index >= 15 is 0 Å². The SMILES string of the molecule is CCC(C)(C)n1c(=O)[nH]c(=O)c2ccccc21. The summed E-state index contributed by atoms with van der Waals surface area (Å²) in [5, 5.41) is 0.550. The van der Waals surface area contributed by atoms with Gasteiger partial charge in [-0.2, -0.15) is 0 Å². The van der Waals surface area contributed by atoms with Crippen molar-refractivity contribution in [1.29, 1.82) is 0 Å². The van der Waals surface area contributed by atoms with Crippen molar-refractivity contribution in [2.75, 3.05) is 0 Å². The molecule has 0 aliphatic rings. The summed E-state index contributed by atoms with van der Waals surface area (Å²) in [5.41, 5.74) is -0.302. The maximum Gasteiger partial charge on any atom is 0.329 e. The highest BCUT2D eigenvalue weighted by Crippen LogP contribution is 2.21. The molecule has 0 fully saturated rings. The van der Waals surface area contributed by atoms with Gasteiger partial charge in [-0.3, -0.25) is 14.3 Å². The molecule has 0 radical (unpaired) electrons. The van der Waals surface area contributed by atoms with E-state index in [1.54, 1.807) is 16.7 Å². The normalized spacial score (nSPS) is 11.9. The van der Waals surface area contributed by atoms with Crippen LogP contribution >= 0.6 is 0 Å². The molecule has 17 heavy (non-hydrogen) atoms. The lowest BCUT2D eigenvalue weighted by atomic mass is 10.0. The summed E-state index contributed by atoms with van der Waals surface area (Å²) in [7, 11) is 0. The Labute approximate surface area is 98.9 Å². The Hall–Kier alpha value is -1.84. The Morgan fingerprint density at radius 3 is 2.53 bits per heavy atom. The monoisotopic (exact) mass is 232 g/mol. The number of nitrogens with zero attached hydrogens (tertiary/aromatic N) is 1. The van der Waals surface area contributed by atoms with Gasteiger partial charge in [0.05, 0.1) is 10.9 Å². The molecule has 2 rings (SSSR count). The number of benzene rings is 1. The summed E-state index contributed by atoms with van der Waals surface area (Å²) in [4.78, 5) is 26.0. The van der Waals surface area contributed by atoms with E-state index in [-0.39, 0.29) is 16.8 Å². The van der Waals surface area contributed by atoms with Crippen molar-refractivity contribution in [3.05, 3.63) is 45.1 Å². The van der Waals surface area contributed by atoms with Crippen LogP contribution < -0.4 is 11.2 Å². The van der Waals surface area contributed by atoms with Crippen LogP contribution in [0.3, 0.4) is 0 Å². The zero-order chi connectivity index (χ0) is 12.6. The van der Waals surface area contributed by atoms with Crippen LogP contribution in [-0.2, 0) is 5.54 Å². The van der Waals surface area contributed by atoms with Crippen molar-refractivity contribution in [3.63, 3.8) is 0 Å². The molecule has 1 aromatic heterocycles. The summed E-state index contributed by atoms with van der Waals surface area (Å²) in [6.45, 7) is 5.99. The van der Waals surface area contributed by atoms with Gasteiger partial charge in [-0.15, -0.1) is 0 Å². The fourth-order valence-electron chi connectivity index (χ4n) is 1.95. The molecule has 0 bridgehead atoms. The Balaban J connectivity index is 2.98. The second-order valence-corrected chi connectivity index (χ2v) is 4.78. The molecule has 1 N–H and O–H groups in total. The number of hydrogen-bond acceptors (Lipinski definition) is 2. The summed E-state index contributed by atoms with van der Waals surface area (Å²) in [5.74, 6) is 0. The van der Waals surface area contributed by atoms with E-state index in [1.807, 2.05) is 32.9 Å². The minimum Gasteiger partial charge on any atom is -0.288 e. The predicted molar refractivity (Wildman–Crippen MR) is 68.4 cm³/mol. The molecular formula is C13H16N2O2. The van der Waals surface area contributed by atoms with Crippen LogP contribution in [0, 0.1) is 0 Å². The Bertz CT molecular complexity index is 665. The van der Waals surface area contributed by atoms with Crippen LogP contribution in [0.25, 0.3) is 10.9 Å². The number of aromatic nitrogens is 2. The van der Waals surface area contributed by atoms with E-state index in [0.29, 0.717) is 10.9 Å². The first-order valence-corrected chi connectivity index (χ1v) is 5.72. The van der Waals surface area contributed by atoms with Crippen molar-refractivity contribution >= 4 is 10.9 Å². The van der Waals surface area contributed by atoms with Gasteiger partial charge in [-0.1, -0.05) is 19.1 Å². The number of H-pyrrole nitrogens is 1. The molecule has 1 aromatic carbocycles. The van der Waals surface area contributed by atoms with Crippen LogP contribution in [0.5, 0.6) is 0 Å². The highest BCUT2D eigenvalue weighted by molar-refractivity contribution is 5.77. The van der Waals surface area contributed by atoms with Gasteiger partial charge in [0.25, 0.3) is 5.56 Å². The highest BCUT2D eigenvalue weighted by Gasteiger charge is 2.22. The average Bonchev–Trinajstić information content (AvgIpc) is 2.29. The zero-order valence-electron chi connectivity index (χ0n) is 10.3. The Kier molecular flexibility index (Phi) is 2.65. The summed E-state index contributed by atoms with van der Waals surface area (Å²) in [6, 6.07) is 7.17. The average molecular weight is 232 g/mol. The second-order valence-electron chi connectivity index (χ2n) is 4.78. The molecule has 0 spiro atoms. The number of nitrogens with one attached hydrogen (secondary N) is 1. The zero-order valence-corrected chi connectivity index (χ0v) is 10.3. The molecule has 0 amide bonds. The molecule has 4 nitrogen and oxygen atoms in total. The molecule has 90 valence electrons. The van der Waals surface area contributed by atoms with E-state index in [0.717, 1.165) is 6.42 Å². The van der Waals surface area contributed by atoms with E-state index in [1.165, 1.54) is 0 Å². The minimum absolute atomic E-state index is 0.319. The summed E-state index contributed by atoms with van der Waals surface area (Å²) >= 11 is 0. The van der Waals surface area contributed by atoms with Crippen LogP contribution in [0.4, 0.5) is 0 Å². The van der Waals surface area contributed by atoms with Crippen molar-refractivity contribution in [2.24, 2.45) is 0 Å². The fraction of sp³-hybridized carbons (Fsp3) is 0.385. The molecule has 0 aliphatic heterocycles. The quantitative estimate of drug-likeness (QED) is 0.858. The van der Waals surface area contributed by atoms with Gasteiger partial charge >= 0.3 is 5.69 Å². The van der Waals surface area contributed by atoms with Crippen LogP contribution in [0.1, 0.15) is 27.2 Å². The number of rotatable bonds is 2.